The lowest BCUT2D eigenvalue weighted by molar-refractivity contribution is 0.00248. The van der Waals surface area contributed by atoms with Crippen LogP contribution in [-0.4, -0.2) is 10.7 Å². The van der Waals surface area contributed by atoms with Crippen LogP contribution < -0.4 is 0 Å². The van der Waals surface area contributed by atoms with Crippen LogP contribution in [0.1, 0.15) is 32.1 Å². The third-order valence-corrected chi connectivity index (χ3v) is 4.07. The summed E-state index contributed by atoms with van der Waals surface area (Å²) in [5, 5.41) is 10.0. The van der Waals surface area contributed by atoms with Crippen LogP contribution in [0.25, 0.3) is 0 Å². The fraction of sp³-hybridized carbons (Fsp3) is 1.00. The topological polar surface area (TPSA) is 20.2 Å². The van der Waals surface area contributed by atoms with Gasteiger partial charge >= 0.3 is 0 Å². The Kier molecular flexibility index (Phi) is 0.797. The SMILES string of the molecule is O[C@]12CC[C@@H]3C[C@H](C[C@@H]31)C2. The van der Waals surface area contributed by atoms with E-state index in [0.29, 0.717) is 0 Å². The van der Waals surface area contributed by atoms with E-state index >= 15 is 0 Å². The van der Waals surface area contributed by atoms with E-state index in [1.807, 2.05) is 0 Å². The van der Waals surface area contributed by atoms with Gasteiger partial charge in [-0.1, -0.05) is 0 Å². The van der Waals surface area contributed by atoms with Crippen molar-refractivity contribution in [1.29, 1.82) is 0 Å². The second kappa shape index (κ2) is 1.42. The third-order valence-electron chi connectivity index (χ3n) is 4.07. The van der Waals surface area contributed by atoms with Gasteiger partial charge in [-0.25, -0.2) is 0 Å². The predicted octanol–water partition coefficient (Wildman–Crippen LogP) is 1.56. The first-order valence-electron chi connectivity index (χ1n) is 4.50. The largest absolute Gasteiger partial charge is 0.390 e. The van der Waals surface area contributed by atoms with Crippen LogP contribution >= 0.6 is 0 Å². The number of aliphatic hydroxyl groups is 1. The highest BCUT2D eigenvalue weighted by molar-refractivity contribution is 5.09. The van der Waals surface area contributed by atoms with Crippen molar-refractivity contribution < 1.29 is 5.11 Å². The molecular formula is C9H14O. The molecule has 0 aliphatic heterocycles. The maximum Gasteiger partial charge on any atom is 0.0681 e. The molecule has 3 fully saturated rings. The first kappa shape index (κ1) is 5.59. The molecule has 0 aromatic heterocycles. The lowest BCUT2D eigenvalue weighted by Crippen LogP contribution is -2.31. The summed E-state index contributed by atoms with van der Waals surface area (Å²) in [6.07, 6.45) is 6.35. The van der Waals surface area contributed by atoms with Crippen molar-refractivity contribution in [3.05, 3.63) is 0 Å². The van der Waals surface area contributed by atoms with E-state index < -0.39 is 0 Å². The van der Waals surface area contributed by atoms with E-state index in [1.54, 1.807) is 0 Å². The molecule has 0 aromatic carbocycles. The van der Waals surface area contributed by atoms with Crippen LogP contribution in [0.3, 0.4) is 0 Å². The molecule has 1 N–H and O–H groups in total. The Morgan fingerprint density at radius 2 is 2.20 bits per heavy atom. The molecule has 3 rings (SSSR count). The van der Waals surface area contributed by atoms with Gasteiger partial charge in [0, 0.05) is 0 Å². The molecule has 1 heteroatoms. The summed E-state index contributed by atoms with van der Waals surface area (Å²) in [6, 6.07) is 0. The fourth-order valence-corrected chi connectivity index (χ4v) is 3.76. The van der Waals surface area contributed by atoms with Gasteiger partial charge in [0.15, 0.2) is 0 Å². The van der Waals surface area contributed by atoms with Gasteiger partial charge in [-0.3, -0.25) is 0 Å². The van der Waals surface area contributed by atoms with Crippen LogP contribution in [0.15, 0.2) is 0 Å². The Bertz CT molecular complexity index is 178. The molecule has 3 aliphatic rings. The monoisotopic (exact) mass is 138 g/mol. The number of hydrogen-bond donors (Lipinski definition) is 1. The third kappa shape index (κ3) is 0.460. The summed E-state index contributed by atoms with van der Waals surface area (Å²) in [5.41, 5.74) is -0.173. The van der Waals surface area contributed by atoms with Crippen molar-refractivity contribution in [1.82, 2.24) is 0 Å². The van der Waals surface area contributed by atoms with E-state index in [-0.39, 0.29) is 5.60 Å². The maximum atomic E-state index is 10.0. The highest BCUT2D eigenvalue weighted by Crippen LogP contribution is 2.61. The van der Waals surface area contributed by atoms with Crippen LogP contribution in [0.5, 0.6) is 0 Å². The summed E-state index contributed by atoms with van der Waals surface area (Å²) >= 11 is 0. The van der Waals surface area contributed by atoms with Gasteiger partial charge in [0.05, 0.1) is 5.60 Å². The average molecular weight is 138 g/mol. The van der Waals surface area contributed by atoms with Gasteiger partial charge in [-0.2, -0.15) is 0 Å². The molecule has 0 unspecified atom stereocenters. The van der Waals surface area contributed by atoms with E-state index in [2.05, 4.69) is 0 Å². The summed E-state index contributed by atoms with van der Waals surface area (Å²) in [7, 11) is 0. The number of hydrogen-bond acceptors (Lipinski definition) is 1. The van der Waals surface area contributed by atoms with Gasteiger partial charge < -0.3 is 5.11 Å². The Balaban J connectivity index is 2.05. The zero-order chi connectivity index (χ0) is 6.77. The summed E-state index contributed by atoms with van der Waals surface area (Å²) in [4.78, 5) is 0. The first-order chi connectivity index (χ1) is 4.78. The molecule has 0 radical (unpaired) electrons. The van der Waals surface area contributed by atoms with E-state index in [0.717, 1.165) is 30.6 Å². The molecule has 3 aliphatic carbocycles. The lowest BCUT2D eigenvalue weighted by atomic mass is 9.85. The predicted molar refractivity (Wildman–Crippen MR) is 38.5 cm³/mol. The first-order valence-corrected chi connectivity index (χ1v) is 4.50. The van der Waals surface area contributed by atoms with Gasteiger partial charge in [-0.15, -0.1) is 0 Å². The highest BCUT2D eigenvalue weighted by atomic mass is 16.3. The van der Waals surface area contributed by atoms with Gasteiger partial charge in [0.25, 0.3) is 0 Å². The van der Waals surface area contributed by atoms with Crippen molar-refractivity contribution in [2.75, 3.05) is 0 Å². The van der Waals surface area contributed by atoms with Crippen LogP contribution in [0.2, 0.25) is 0 Å². The molecule has 0 aromatic rings. The molecule has 0 spiro atoms. The molecule has 56 valence electrons. The van der Waals surface area contributed by atoms with Crippen LogP contribution in [0, 0.1) is 17.8 Å². The molecule has 10 heavy (non-hydrogen) atoms. The normalized spacial score (nSPS) is 63.9. The summed E-state index contributed by atoms with van der Waals surface area (Å²) in [5.74, 6) is 2.55. The van der Waals surface area contributed by atoms with Crippen molar-refractivity contribution in [2.45, 2.75) is 37.7 Å². The smallest absolute Gasteiger partial charge is 0.0681 e. The molecule has 1 nitrogen and oxygen atoms in total. The van der Waals surface area contributed by atoms with Crippen molar-refractivity contribution >= 4 is 0 Å². The second-order valence-corrected chi connectivity index (χ2v) is 4.55. The minimum atomic E-state index is -0.173. The van der Waals surface area contributed by atoms with Crippen molar-refractivity contribution in [2.24, 2.45) is 17.8 Å². The molecule has 3 saturated carbocycles. The summed E-state index contributed by atoms with van der Waals surface area (Å²) in [6.45, 7) is 0. The standard InChI is InChI=1S/C9H14O/c10-9-2-1-7-3-6(5-9)4-8(7)9/h6-8,10H,1-5H2/t6-,7-,8+,9+/m1/s1. The van der Waals surface area contributed by atoms with Gasteiger partial charge in [0.1, 0.15) is 0 Å². The van der Waals surface area contributed by atoms with Crippen LogP contribution in [-0.2, 0) is 0 Å². The zero-order valence-electron chi connectivity index (χ0n) is 6.21. The molecule has 0 heterocycles. The Hall–Kier alpha value is -0.0400. The average Bonchev–Trinajstić information content (AvgIpc) is 2.39. The molecular weight excluding hydrogens is 124 g/mol. The molecule has 0 amide bonds. The molecule has 4 atom stereocenters. The van der Waals surface area contributed by atoms with Crippen molar-refractivity contribution in [3.8, 4) is 0 Å². The van der Waals surface area contributed by atoms with E-state index in [9.17, 15) is 5.11 Å². The quantitative estimate of drug-likeness (QED) is 0.538. The highest BCUT2D eigenvalue weighted by Gasteiger charge is 2.58. The number of rotatable bonds is 0. The van der Waals surface area contributed by atoms with Gasteiger partial charge in [0.2, 0.25) is 0 Å². The fourth-order valence-electron chi connectivity index (χ4n) is 3.76. The lowest BCUT2D eigenvalue weighted by Gasteiger charge is -2.27. The second-order valence-electron chi connectivity index (χ2n) is 4.55. The van der Waals surface area contributed by atoms with E-state index in [4.69, 9.17) is 0 Å². The molecule has 2 bridgehead atoms. The Morgan fingerprint density at radius 1 is 1.30 bits per heavy atom. The minimum Gasteiger partial charge on any atom is -0.390 e. The maximum absolute atomic E-state index is 10.0. The zero-order valence-corrected chi connectivity index (χ0v) is 6.21. The van der Waals surface area contributed by atoms with Gasteiger partial charge in [-0.05, 0) is 49.9 Å². The van der Waals surface area contributed by atoms with Crippen molar-refractivity contribution in [3.63, 3.8) is 0 Å². The Morgan fingerprint density at radius 3 is 2.80 bits per heavy atom. The minimum absolute atomic E-state index is 0.173. The molecule has 0 saturated heterocycles. The van der Waals surface area contributed by atoms with E-state index in [1.165, 1.54) is 19.3 Å². The van der Waals surface area contributed by atoms with Crippen LogP contribution in [0.4, 0.5) is 0 Å². The summed E-state index contributed by atoms with van der Waals surface area (Å²) < 4.78 is 0. The Labute approximate surface area is 61.4 Å². The number of fused-ring (bicyclic) bond motifs is 1.